The Morgan fingerprint density at radius 1 is 1.14 bits per heavy atom. The smallest absolute Gasteiger partial charge is 0.329 e. The molecule has 2 rings (SSSR count). The maximum Gasteiger partial charge on any atom is 0.329 e. The molecule has 120 valence electrons. The highest BCUT2D eigenvalue weighted by Gasteiger charge is 2.44. The van der Waals surface area contributed by atoms with Crippen LogP contribution in [0.1, 0.15) is 65.2 Å². The zero-order valence-corrected chi connectivity index (χ0v) is 13.2. The quantitative estimate of drug-likeness (QED) is 0.770. The first kappa shape index (κ1) is 16.1. The number of hydrogen-bond acceptors (Lipinski definition) is 2. The summed E-state index contributed by atoms with van der Waals surface area (Å²) in [7, 11) is 0. The van der Waals surface area contributed by atoms with E-state index in [0.717, 1.165) is 32.1 Å². The molecule has 1 aliphatic heterocycles. The minimum atomic E-state index is -1.06. The zero-order chi connectivity index (χ0) is 15.5. The van der Waals surface area contributed by atoms with Crippen molar-refractivity contribution in [3.05, 3.63) is 0 Å². The average molecular weight is 296 g/mol. The monoisotopic (exact) mass is 296 g/mol. The van der Waals surface area contributed by atoms with Gasteiger partial charge in [-0.25, -0.2) is 9.59 Å². The summed E-state index contributed by atoms with van der Waals surface area (Å²) in [4.78, 5) is 25.7. The highest BCUT2D eigenvalue weighted by Crippen LogP contribution is 2.29. The van der Waals surface area contributed by atoms with Crippen molar-refractivity contribution in [2.75, 3.05) is 6.54 Å². The molecule has 0 aromatic carbocycles. The molecular formula is C16H28N2O3. The summed E-state index contributed by atoms with van der Waals surface area (Å²) in [5.74, 6) is -0.427. The van der Waals surface area contributed by atoms with E-state index in [2.05, 4.69) is 12.2 Å². The Kier molecular flexibility index (Phi) is 5.12. The number of carbonyl (C=O) groups is 2. The maximum atomic E-state index is 12.6. The Balaban J connectivity index is 2.05. The van der Waals surface area contributed by atoms with Gasteiger partial charge in [-0.15, -0.1) is 0 Å². The van der Waals surface area contributed by atoms with E-state index in [-0.39, 0.29) is 12.1 Å². The minimum Gasteiger partial charge on any atom is -0.480 e. The molecule has 1 saturated heterocycles. The number of rotatable bonds is 2. The number of nitrogens with one attached hydrogen (secondary N) is 1. The molecule has 2 fully saturated rings. The van der Waals surface area contributed by atoms with Crippen LogP contribution >= 0.6 is 0 Å². The molecule has 21 heavy (non-hydrogen) atoms. The number of nitrogens with zero attached hydrogens (tertiary/aromatic N) is 1. The lowest BCUT2D eigenvalue weighted by Crippen LogP contribution is -2.61. The van der Waals surface area contributed by atoms with Gasteiger partial charge >= 0.3 is 12.0 Å². The number of carboxylic acid groups (broad SMARTS) is 1. The summed E-state index contributed by atoms with van der Waals surface area (Å²) in [5.41, 5.74) is -1.06. The molecule has 5 nitrogen and oxygen atoms in total. The van der Waals surface area contributed by atoms with Gasteiger partial charge in [0.1, 0.15) is 5.54 Å². The molecule has 5 heteroatoms. The average Bonchev–Trinajstić information content (AvgIpc) is 2.64. The lowest BCUT2D eigenvalue weighted by Gasteiger charge is -2.42. The minimum absolute atomic E-state index is 0.181. The van der Waals surface area contributed by atoms with Gasteiger partial charge in [0.15, 0.2) is 0 Å². The van der Waals surface area contributed by atoms with Gasteiger partial charge < -0.3 is 15.3 Å². The molecule has 1 saturated carbocycles. The number of urea groups is 1. The summed E-state index contributed by atoms with van der Waals surface area (Å²) in [6.07, 6.45) is 8.04. The second-order valence-corrected chi connectivity index (χ2v) is 6.86. The van der Waals surface area contributed by atoms with Crippen LogP contribution < -0.4 is 5.32 Å². The molecule has 2 amide bonds. The van der Waals surface area contributed by atoms with Crippen LogP contribution in [0.2, 0.25) is 0 Å². The Morgan fingerprint density at radius 2 is 1.86 bits per heavy atom. The SMILES string of the molecule is CC1CCCCCC1NC(=O)N1CCCCC1(C)C(=O)O. The number of likely N-dealkylation sites (tertiary alicyclic amines) is 1. The van der Waals surface area contributed by atoms with Crippen LogP contribution in [-0.2, 0) is 4.79 Å². The maximum absolute atomic E-state index is 12.6. The molecule has 0 radical (unpaired) electrons. The van der Waals surface area contributed by atoms with Gasteiger partial charge in [-0.3, -0.25) is 0 Å². The van der Waals surface area contributed by atoms with Crippen molar-refractivity contribution in [3.63, 3.8) is 0 Å². The Morgan fingerprint density at radius 3 is 2.57 bits per heavy atom. The van der Waals surface area contributed by atoms with Crippen molar-refractivity contribution in [2.45, 2.75) is 76.8 Å². The van der Waals surface area contributed by atoms with Gasteiger partial charge in [0.25, 0.3) is 0 Å². The second-order valence-electron chi connectivity index (χ2n) is 6.86. The van der Waals surface area contributed by atoms with Crippen LogP contribution in [0, 0.1) is 5.92 Å². The van der Waals surface area contributed by atoms with Crippen molar-refractivity contribution < 1.29 is 14.7 Å². The van der Waals surface area contributed by atoms with Crippen LogP contribution in [0.3, 0.4) is 0 Å². The fourth-order valence-electron chi connectivity index (χ4n) is 3.61. The first-order valence-electron chi connectivity index (χ1n) is 8.26. The van der Waals surface area contributed by atoms with E-state index in [1.807, 2.05) is 0 Å². The molecule has 2 N–H and O–H groups in total. The summed E-state index contributed by atoms with van der Waals surface area (Å²) in [6, 6.07) is -0.0154. The topological polar surface area (TPSA) is 69.6 Å². The summed E-state index contributed by atoms with van der Waals surface area (Å²) in [6.45, 7) is 4.39. The Bertz CT molecular complexity index is 399. The molecule has 1 heterocycles. The van der Waals surface area contributed by atoms with Gasteiger partial charge in [-0.05, 0) is 44.9 Å². The van der Waals surface area contributed by atoms with Gasteiger partial charge in [0, 0.05) is 12.6 Å². The van der Waals surface area contributed by atoms with E-state index in [4.69, 9.17) is 0 Å². The molecule has 0 spiro atoms. The molecule has 1 aliphatic carbocycles. The highest BCUT2D eigenvalue weighted by atomic mass is 16.4. The Labute approximate surface area is 127 Å². The number of carboxylic acids is 1. The largest absolute Gasteiger partial charge is 0.480 e. The molecule has 0 bridgehead atoms. The van der Waals surface area contributed by atoms with Crippen molar-refractivity contribution >= 4 is 12.0 Å². The van der Waals surface area contributed by atoms with Crippen LogP contribution in [0.5, 0.6) is 0 Å². The van der Waals surface area contributed by atoms with E-state index in [1.54, 1.807) is 6.92 Å². The predicted octanol–water partition coefficient (Wildman–Crippen LogP) is 2.99. The zero-order valence-electron chi connectivity index (χ0n) is 13.2. The Hall–Kier alpha value is -1.26. The van der Waals surface area contributed by atoms with Crippen LogP contribution in [0.25, 0.3) is 0 Å². The van der Waals surface area contributed by atoms with E-state index < -0.39 is 11.5 Å². The number of amides is 2. The van der Waals surface area contributed by atoms with Crippen molar-refractivity contribution in [2.24, 2.45) is 5.92 Å². The molecule has 3 atom stereocenters. The fraction of sp³-hybridized carbons (Fsp3) is 0.875. The molecule has 3 unspecified atom stereocenters. The van der Waals surface area contributed by atoms with Crippen molar-refractivity contribution in [3.8, 4) is 0 Å². The van der Waals surface area contributed by atoms with Gasteiger partial charge in [-0.1, -0.05) is 26.2 Å². The molecule has 0 aromatic heterocycles. The van der Waals surface area contributed by atoms with E-state index in [0.29, 0.717) is 18.9 Å². The standard InChI is InChI=1S/C16H28N2O3/c1-12-8-4-3-5-9-13(12)17-15(21)18-11-7-6-10-16(18,2)14(19)20/h12-13H,3-11H2,1-2H3,(H,17,21)(H,19,20). The first-order chi connectivity index (χ1) is 9.95. The van der Waals surface area contributed by atoms with E-state index in [1.165, 1.54) is 17.7 Å². The van der Waals surface area contributed by atoms with Crippen LogP contribution in [0.4, 0.5) is 4.79 Å². The second kappa shape index (κ2) is 6.67. The van der Waals surface area contributed by atoms with Gasteiger partial charge in [0.05, 0.1) is 0 Å². The van der Waals surface area contributed by atoms with Crippen molar-refractivity contribution in [1.82, 2.24) is 10.2 Å². The number of hydrogen-bond donors (Lipinski definition) is 2. The summed E-state index contributed by atoms with van der Waals surface area (Å²) < 4.78 is 0. The number of carbonyl (C=O) groups excluding carboxylic acids is 1. The normalized spacial score (nSPS) is 34.1. The first-order valence-corrected chi connectivity index (χ1v) is 8.26. The number of piperidine rings is 1. The third-order valence-electron chi connectivity index (χ3n) is 5.27. The summed E-state index contributed by atoms with van der Waals surface area (Å²) >= 11 is 0. The molecule has 0 aromatic rings. The lowest BCUT2D eigenvalue weighted by molar-refractivity contribution is -0.150. The van der Waals surface area contributed by atoms with Crippen LogP contribution in [-0.4, -0.2) is 40.1 Å². The molecule has 2 aliphatic rings. The third-order valence-corrected chi connectivity index (χ3v) is 5.27. The highest BCUT2D eigenvalue weighted by molar-refractivity contribution is 5.86. The summed E-state index contributed by atoms with van der Waals surface area (Å²) in [5, 5.41) is 12.6. The van der Waals surface area contributed by atoms with E-state index >= 15 is 0 Å². The predicted molar refractivity (Wildman–Crippen MR) is 81.2 cm³/mol. The van der Waals surface area contributed by atoms with Crippen molar-refractivity contribution in [1.29, 1.82) is 0 Å². The third kappa shape index (κ3) is 3.50. The lowest BCUT2D eigenvalue weighted by atomic mass is 9.88. The van der Waals surface area contributed by atoms with Gasteiger partial charge in [-0.2, -0.15) is 0 Å². The van der Waals surface area contributed by atoms with E-state index in [9.17, 15) is 14.7 Å². The fourth-order valence-corrected chi connectivity index (χ4v) is 3.61. The number of aliphatic carboxylic acids is 1. The molecular weight excluding hydrogens is 268 g/mol. The van der Waals surface area contributed by atoms with Crippen LogP contribution in [0.15, 0.2) is 0 Å². The van der Waals surface area contributed by atoms with Gasteiger partial charge in [0.2, 0.25) is 0 Å².